The molecule has 0 saturated carbocycles. The normalized spacial score (nSPS) is 12.6. The van der Waals surface area contributed by atoms with Crippen LogP contribution in [-0.4, -0.2) is 32.7 Å². The number of halogens is 2. The zero-order chi connectivity index (χ0) is 24.3. The van der Waals surface area contributed by atoms with Crippen molar-refractivity contribution in [2.24, 2.45) is 5.73 Å². The van der Waals surface area contributed by atoms with E-state index in [1.807, 2.05) is 48.5 Å². The van der Waals surface area contributed by atoms with Gasteiger partial charge in [0.15, 0.2) is 11.5 Å². The van der Waals surface area contributed by atoms with E-state index in [1.54, 1.807) is 36.6 Å². The lowest BCUT2D eigenvalue weighted by Gasteiger charge is -2.23. The molecule has 2 aromatic heterocycles. The van der Waals surface area contributed by atoms with Crippen LogP contribution in [0.25, 0.3) is 16.8 Å². The first kappa shape index (κ1) is 24.2. The molecule has 0 aliphatic heterocycles. The number of hydrogen-bond donors (Lipinski definition) is 2. The predicted octanol–water partition coefficient (Wildman–Crippen LogP) is 4.81. The molecule has 34 heavy (non-hydrogen) atoms. The van der Waals surface area contributed by atoms with Crippen LogP contribution in [-0.2, 0) is 16.1 Å². The molecule has 0 saturated heterocycles. The van der Waals surface area contributed by atoms with Crippen LogP contribution >= 0.6 is 23.2 Å². The molecule has 0 bridgehead atoms. The van der Waals surface area contributed by atoms with Crippen molar-refractivity contribution in [1.82, 2.24) is 19.9 Å². The number of fused-ring (bicyclic) bond motifs is 1. The van der Waals surface area contributed by atoms with Gasteiger partial charge in [0, 0.05) is 16.8 Å². The van der Waals surface area contributed by atoms with Gasteiger partial charge in [0.05, 0.1) is 23.8 Å². The highest BCUT2D eigenvalue weighted by Gasteiger charge is 2.28. The summed E-state index contributed by atoms with van der Waals surface area (Å²) in [5.74, 6) is 0.149. The second-order valence-electron chi connectivity index (χ2n) is 8.58. The van der Waals surface area contributed by atoms with Crippen molar-refractivity contribution in [3.8, 4) is 11.1 Å². The van der Waals surface area contributed by atoms with Gasteiger partial charge in [-0.15, -0.1) is 10.2 Å². The maximum absolute atomic E-state index is 12.7. The molecule has 0 aliphatic carbocycles. The average Bonchev–Trinajstić information content (AvgIpc) is 3.22. The third kappa shape index (κ3) is 5.56. The van der Waals surface area contributed by atoms with Gasteiger partial charge >= 0.3 is 0 Å². The predicted molar refractivity (Wildman–Crippen MR) is 134 cm³/mol. The molecule has 0 fully saturated rings. The van der Waals surface area contributed by atoms with Crippen LogP contribution in [0.3, 0.4) is 0 Å². The minimum absolute atomic E-state index is 0.167. The van der Waals surface area contributed by atoms with Gasteiger partial charge in [-0.3, -0.25) is 9.20 Å². The lowest BCUT2D eigenvalue weighted by atomic mass is 10.1. The van der Waals surface area contributed by atoms with Crippen molar-refractivity contribution in [2.75, 3.05) is 6.61 Å². The highest BCUT2D eigenvalue weighted by molar-refractivity contribution is 6.31. The van der Waals surface area contributed by atoms with E-state index in [2.05, 4.69) is 15.5 Å². The second-order valence-corrected chi connectivity index (χ2v) is 9.45. The summed E-state index contributed by atoms with van der Waals surface area (Å²) in [6.07, 6.45) is 1.72. The number of benzene rings is 2. The van der Waals surface area contributed by atoms with Gasteiger partial charge in [-0.05, 0) is 43.2 Å². The molecule has 4 rings (SSSR count). The topological polar surface area (TPSA) is 94.5 Å². The Morgan fingerprint density at radius 1 is 1.09 bits per heavy atom. The molecule has 0 radical (unpaired) electrons. The summed E-state index contributed by atoms with van der Waals surface area (Å²) in [4.78, 5) is 12.7. The molecule has 4 aromatic rings. The molecule has 1 amide bonds. The minimum atomic E-state index is -1.08. The number of aromatic nitrogens is 3. The first-order valence-corrected chi connectivity index (χ1v) is 11.5. The SMILES string of the molecule is CC(C)(N)C(=O)N[C@H](COCc1ccccc1)c1nnc2c(-c3ccc(Cl)cc3)cc(Cl)cn12. The minimum Gasteiger partial charge on any atom is -0.374 e. The monoisotopic (exact) mass is 497 g/mol. The molecule has 2 heterocycles. The third-order valence-corrected chi connectivity index (χ3v) is 5.71. The first-order chi connectivity index (χ1) is 16.2. The van der Waals surface area contributed by atoms with E-state index in [0.29, 0.717) is 28.1 Å². The Morgan fingerprint density at radius 3 is 2.47 bits per heavy atom. The molecule has 9 heteroatoms. The second kappa shape index (κ2) is 10.1. The number of hydrogen-bond acceptors (Lipinski definition) is 5. The molecular formula is C25H25Cl2N5O2. The van der Waals surface area contributed by atoms with Crippen LogP contribution in [0.1, 0.15) is 31.3 Å². The molecule has 1 atom stereocenters. The van der Waals surface area contributed by atoms with E-state index in [4.69, 9.17) is 33.7 Å². The summed E-state index contributed by atoms with van der Waals surface area (Å²) < 4.78 is 7.71. The number of amides is 1. The van der Waals surface area contributed by atoms with E-state index in [0.717, 1.165) is 16.7 Å². The number of carbonyl (C=O) groups is 1. The molecule has 176 valence electrons. The lowest BCUT2D eigenvalue weighted by molar-refractivity contribution is -0.126. The van der Waals surface area contributed by atoms with Crippen LogP contribution in [0.15, 0.2) is 66.9 Å². The molecule has 0 unspecified atom stereocenters. The fourth-order valence-electron chi connectivity index (χ4n) is 3.45. The van der Waals surface area contributed by atoms with Gasteiger partial charge < -0.3 is 15.8 Å². The highest BCUT2D eigenvalue weighted by Crippen LogP contribution is 2.29. The van der Waals surface area contributed by atoms with Gasteiger partial charge in [-0.1, -0.05) is 65.7 Å². The van der Waals surface area contributed by atoms with Crippen molar-refractivity contribution in [1.29, 1.82) is 0 Å². The van der Waals surface area contributed by atoms with Crippen molar-refractivity contribution in [3.63, 3.8) is 0 Å². The zero-order valence-corrected chi connectivity index (χ0v) is 20.3. The van der Waals surface area contributed by atoms with E-state index >= 15 is 0 Å². The molecule has 0 spiro atoms. The number of nitrogens with two attached hydrogens (primary N) is 1. The molecule has 3 N–H and O–H groups in total. The summed E-state index contributed by atoms with van der Waals surface area (Å²) in [7, 11) is 0. The van der Waals surface area contributed by atoms with E-state index < -0.39 is 11.6 Å². The average molecular weight is 498 g/mol. The van der Waals surface area contributed by atoms with E-state index in [-0.39, 0.29) is 12.5 Å². The Kier molecular flexibility index (Phi) is 7.19. The molecule has 2 aromatic carbocycles. The van der Waals surface area contributed by atoms with Crippen molar-refractivity contribution < 1.29 is 9.53 Å². The summed E-state index contributed by atoms with van der Waals surface area (Å²) in [5.41, 5.74) is 8.23. The van der Waals surface area contributed by atoms with Crippen LogP contribution in [0.2, 0.25) is 10.0 Å². The Bertz CT molecular complexity index is 1280. The van der Waals surface area contributed by atoms with Gasteiger partial charge in [-0.25, -0.2) is 0 Å². The fraction of sp³-hybridized carbons (Fsp3) is 0.240. The van der Waals surface area contributed by atoms with E-state index in [9.17, 15) is 4.79 Å². The maximum atomic E-state index is 12.7. The summed E-state index contributed by atoms with van der Waals surface area (Å²) >= 11 is 12.5. The fourth-order valence-corrected chi connectivity index (χ4v) is 3.78. The third-order valence-electron chi connectivity index (χ3n) is 5.25. The standard InChI is InChI=1S/C25H25Cl2N5O2/c1-25(2,28)24(33)29-21(15-34-14-16-6-4-3-5-7-16)23-31-30-22-20(12-19(27)13-32(22)23)17-8-10-18(26)11-9-17/h3-13,21H,14-15,28H2,1-2H3,(H,29,33)/t21-/m1/s1. The highest BCUT2D eigenvalue weighted by atomic mass is 35.5. The number of nitrogens with one attached hydrogen (secondary N) is 1. The number of rotatable bonds is 8. The van der Waals surface area contributed by atoms with Crippen LogP contribution < -0.4 is 11.1 Å². The first-order valence-electron chi connectivity index (χ1n) is 10.7. The van der Waals surface area contributed by atoms with Gasteiger partial charge in [0.25, 0.3) is 0 Å². The smallest absolute Gasteiger partial charge is 0.240 e. The van der Waals surface area contributed by atoms with Crippen molar-refractivity contribution >= 4 is 34.8 Å². The Hall–Kier alpha value is -2.97. The van der Waals surface area contributed by atoms with Crippen LogP contribution in [0.5, 0.6) is 0 Å². The number of pyridine rings is 1. The van der Waals surface area contributed by atoms with Gasteiger partial charge in [-0.2, -0.15) is 0 Å². The zero-order valence-electron chi connectivity index (χ0n) is 18.8. The molecule has 0 aliphatic rings. The maximum Gasteiger partial charge on any atom is 0.240 e. The molecule has 7 nitrogen and oxygen atoms in total. The van der Waals surface area contributed by atoms with Gasteiger partial charge in [0.2, 0.25) is 5.91 Å². The Balaban J connectivity index is 1.69. The van der Waals surface area contributed by atoms with E-state index in [1.165, 1.54) is 0 Å². The van der Waals surface area contributed by atoms with Crippen molar-refractivity contribution in [2.45, 2.75) is 32.0 Å². The largest absolute Gasteiger partial charge is 0.374 e. The van der Waals surface area contributed by atoms with Crippen LogP contribution in [0, 0.1) is 0 Å². The summed E-state index contributed by atoms with van der Waals surface area (Å²) in [6, 6.07) is 18.4. The number of ether oxygens (including phenoxy) is 1. The van der Waals surface area contributed by atoms with Crippen LogP contribution in [0.4, 0.5) is 0 Å². The Morgan fingerprint density at radius 2 is 1.79 bits per heavy atom. The number of nitrogens with zero attached hydrogens (tertiary/aromatic N) is 3. The molecular weight excluding hydrogens is 473 g/mol. The van der Waals surface area contributed by atoms with Gasteiger partial charge in [0.1, 0.15) is 6.04 Å². The Labute approximate surface area is 207 Å². The lowest BCUT2D eigenvalue weighted by Crippen LogP contribution is -2.50. The summed E-state index contributed by atoms with van der Waals surface area (Å²) in [5, 5.41) is 12.9. The number of carbonyl (C=O) groups excluding carboxylic acids is 1. The summed E-state index contributed by atoms with van der Waals surface area (Å²) in [6.45, 7) is 3.83. The van der Waals surface area contributed by atoms with Crippen molar-refractivity contribution in [3.05, 3.63) is 88.3 Å². The quantitative estimate of drug-likeness (QED) is 0.364.